The summed E-state index contributed by atoms with van der Waals surface area (Å²) in [4.78, 5) is 24.9. The maximum absolute atomic E-state index is 12.2. The Kier molecular flexibility index (Phi) is 5.85. The summed E-state index contributed by atoms with van der Waals surface area (Å²) in [6, 6.07) is -1.00. The molecule has 0 aromatic rings. The van der Waals surface area contributed by atoms with Crippen LogP contribution in [0.15, 0.2) is 0 Å². The van der Waals surface area contributed by atoms with Gasteiger partial charge in [-0.15, -0.1) is 0 Å². The average molecular weight is 298 g/mol. The van der Waals surface area contributed by atoms with Crippen LogP contribution in [0.4, 0.5) is 4.79 Å². The van der Waals surface area contributed by atoms with Crippen LogP contribution in [0.25, 0.3) is 0 Å². The van der Waals surface area contributed by atoms with E-state index in [0.717, 1.165) is 25.7 Å². The molecule has 2 amide bonds. The minimum atomic E-state index is -0.917. The predicted octanol–water partition coefficient (Wildman–Crippen LogP) is 1.84. The third-order valence-corrected chi connectivity index (χ3v) is 4.48. The first-order chi connectivity index (χ1) is 10.1. The molecular formula is C15H26N2O4. The molecule has 1 saturated carbocycles. The summed E-state index contributed by atoms with van der Waals surface area (Å²) in [5.41, 5.74) is 0. The van der Waals surface area contributed by atoms with Gasteiger partial charge in [0.05, 0.1) is 12.7 Å². The number of urea groups is 1. The highest BCUT2D eigenvalue weighted by atomic mass is 16.5. The van der Waals surface area contributed by atoms with Crippen molar-refractivity contribution in [3.05, 3.63) is 0 Å². The molecule has 2 aliphatic rings. The summed E-state index contributed by atoms with van der Waals surface area (Å²) in [5.74, 6) is -0.920. The van der Waals surface area contributed by atoms with Gasteiger partial charge in [-0.1, -0.05) is 19.8 Å². The van der Waals surface area contributed by atoms with Gasteiger partial charge in [0.2, 0.25) is 0 Å². The van der Waals surface area contributed by atoms with E-state index in [2.05, 4.69) is 5.32 Å². The lowest BCUT2D eigenvalue weighted by Crippen LogP contribution is -2.55. The Hall–Kier alpha value is -1.30. The Morgan fingerprint density at radius 1 is 1.24 bits per heavy atom. The van der Waals surface area contributed by atoms with E-state index in [1.54, 1.807) is 0 Å². The van der Waals surface area contributed by atoms with Crippen molar-refractivity contribution in [3.8, 4) is 0 Å². The normalized spacial score (nSPS) is 26.8. The van der Waals surface area contributed by atoms with Gasteiger partial charge in [0.1, 0.15) is 6.04 Å². The highest BCUT2D eigenvalue weighted by Gasteiger charge is 2.36. The van der Waals surface area contributed by atoms with E-state index in [1.807, 2.05) is 6.92 Å². The van der Waals surface area contributed by atoms with E-state index in [4.69, 9.17) is 4.74 Å². The fourth-order valence-electron chi connectivity index (χ4n) is 3.33. The average Bonchev–Trinajstić information content (AvgIpc) is 2.95. The van der Waals surface area contributed by atoms with Crippen molar-refractivity contribution in [2.24, 2.45) is 5.92 Å². The number of carboxylic acids is 1. The number of carbonyl (C=O) groups excluding carboxylic acids is 1. The standard InChI is InChI=1S/C15H26N2O4/c1-11-5-4-9-17(13(11)14(18)19)15(20)16-8-10-21-12-6-2-3-7-12/h11-13H,2-10H2,1H3,(H,16,20)(H,18,19). The van der Waals surface area contributed by atoms with Crippen molar-refractivity contribution in [1.29, 1.82) is 0 Å². The van der Waals surface area contributed by atoms with E-state index in [0.29, 0.717) is 25.8 Å². The third-order valence-electron chi connectivity index (χ3n) is 4.48. The number of carboxylic acid groups (broad SMARTS) is 1. The van der Waals surface area contributed by atoms with Crippen molar-refractivity contribution in [1.82, 2.24) is 10.2 Å². The Morgan fingerprint density at radius 3 is 2.62 bits per heavy atom. The smallest absolute Gasteiger partial charge is 0.326 e. The zero-order valence-corrected chi connectivity index (χ0v) is 12.7. The van der Waals surface area contributed by atoms with Crippen LogP contribution in [0.3, 0.4) is 0 Å². The Morgan fingerprint density at radius 2 is 1.95 bits per heavy atom. The fraction of sp³-hybridized carbons (Fsp3) is 0.867. The molecule has 1 saturated heterocycles. The first-order valence-electron chi connectivity index (χ1n) is 7.98. The van der Waals surface area contributed by atoms with Crippen LogP contribution < -0.4 is 5.32 Å². The molecule has 2 fully saturated rings. The lowest BCUT2D eigenvalue weighted by atomic mass is 9.91. The van der Waals surface area contributed by atoms with Crippen LogP contribution in [0.1, 0.15) is 45.4 Å². The maximum atomic E-state index is 12.2. The van der Waals surface area contributed by atoms with Crippen LogP contribution in [-0.2, 0) is 9.53 Å². The van der Waals surface area contributed by atoms with Gasteiger partial charge < -0.3 is 20.1 Å². The van der Waals surface area contributed by atoms with Gasteiger partial charge in [0, 0.05) is 13.1 Å². The first-order valence-corrected chi connectivity index (χ1v) is 7.98. The van der Waals surface area contributed by atoms with Crippen molar-refractivity contribution in [2.75, 3.05) is 19.7 Å². The van der Waals surface area contributed by atoms with Crippen LogP contribution in [-0.4, -0.2) is 53.8 Å². The fourth-order valence-corrected chi connectivity index (χ4v) is 3.33. The van der Waals surface area contributed by atoms with Gasteiger partial charge >= 0.3 is 12.0 Å². The summed E-state index contributed by atoms with van der Waals surface area (Å²) in [7, 11) is 0. The van der Waals surface area contributed by atoms with Gasteiger partial charge in [-0.05, 0) is 31.6 Å². The summed E-state index contributed by atoms with van der Waals surface area (Å²) in [5, 5.41) is 12.1. The molecule has 6 nitrogen and oxygen atoms in total. The number of piperidine rings is 1. The highest BCUT2D eigenvalue weighted by molar-refractivity contribution is 5.83. The molecule has 2 atom stereocenters. The third kappa shape index (κ3) is 4.33. The number of carbonyl (C=O) groups is 2. The summed E-state index contributed by atoms with van der Waals surface area (Å²) >= 11 is 0. The summed E-state index contributed by atoms with van der Waals surface area (Å²) in [6.45, 7) is 3.34. The molecule has 2 rings (SSSR count). The first kappa shape index (κ1) is 16.1. The molecule has 1 aliphatic heterocycles. The molecule has 0 radical (unpaired) electrons. The molecule has 0 aromatic carbocycles. The second-order valence-electron chi connectivity index (χ2n) is 6.11. The van der Waals surface area contributed by atoms with Crippen molar-refractivity contribution in [2.45, 2.75) is 57.6 Å². The van der Waals surface area contributed by atoms with Crippen LogP contribution >= 0.6 is 0 Å². The van der Waals surface area contributed by atoms with E-state index in [-0.39, 0.29) is 11.9 Å². The number of rotatable bonds is 5. The molecule has 6 heteroatoms. The Bertz CT molecular complexity index is 369. The molecular weight excluding hydrogens is 272 g/mol. The number of amides is 2. The Balaban J connectivity index is 1.74. The van der Waals surface area contributed by atoms with E-state index in [9.17, 15) is 14.7 Å². The lowest BCUT2D eigenvalue weighted by molar-refractivity contribution is -0.145. The Labute approximate surface area is 125 Å². The lowest BCUT2D eigenvalue weighted by Gasteiger charge is -2.37. The van der Waals surface area contributed by atoms with Crippen molar-refractivity contribution >= 4 is 12.0 Å². The number of likely N-dealkylation sites (tertiary alicyclic amines) is 1. The topological polar surface area (TPSA) is 78.9 Å². The molecule has 1 heterocycles. The number of aliphatic carboxylic acids is 1. The molecule has 2 unspecified atom stereocenters. The molecule has 0 aromatic heterocycles. The number of hydrogen-bond acceptors (Lipinski definition) is 3. The number of ether oxygens (including phenoxy) is 1. The van der Waals surface area contributed by atoms with Crippen LogP contribution in [0.2, 0.25) is 0 Å². The SMILES string of the molecule is CC1CCCN(C(=O)NCCOC2CCCC2)C1C(=O)O. The van der Waals surface area contributed by atoms with Gasteiger partial charge in [-0.2, -0.15) is 0 Å². The molecule has 1 aliphatic carbocycles. The van der Waals surface area contributed by atoms with Gasteiger partial charge in [0.15, 0.2) is 0 Å². The molecule has 120 valence electrons. The van der Waals surface area contributed by atoms with Gasteiger partial charge in [-0.3, -0.25) is 0 Å². The van der Waals surface area contributed by atoms with Crippen molar-refractivity contribution in [3.63, 3.8) is 0 Å². The van der Waals surface area contributed by atoms with Gasteiger partial charge in [0.25, 0.3) is 0 Å². The molecule has 2 N–H and O–H groups in total. The zero-order valence-electron chi connectivity index (χ0n) is 12.7. The van der Waals surface area contributed by atoms with E-state index in [1.165, 1.54) is 17.7 Å². The number of nitrogens with zero attached hydrogens (tertiary/aromatic N) is 1. The minimum Gasteiger partial charge on any atom is -0.480 e. The number of hydrogen-bond donors (Lipinski definition) is 2. The minimum absolute atomic E-state index is 0.00302. The second-order valence-corrected chi connectivity index (χ2v) is 6.11. The molecule has 21 heavy (non-hydrogen) atoms. The highest BCUT2D eigenvalue weighted by Crippen LogP contribution is 2.23. The number of nitrogens with one attached hydrogen (secondary N) is 1. The molecule has 0 bridgehead atoms. The predicted molar refractivity (Wildman–Crippen MR) is 78.1 cm³/mol. The van der Waals surface area contributed by atoms with E-state index >= 15 is 0 Å². The monoisotopic (exact) mass is 298 g/mol. The second kappa shape index (κ2) is 7.64. The zero-order chi connectivity index (χ0) is 15.2. The van der Waals surface area contributed by atoms with E-state index < -0.39 is 12.0 Å². The summed E-state index contributed by atoms with van der Waals surface area (Å²) < 4.78 is 5.69. The van der Waals surface area contributed by atoms with Gasteiger partial charge in [-0.25, -0.2) is 9.59 Å². The molecule has 0 spiro atoms. The van der Waals surface area contributed by atoms with Crippen LogP contribution in [0, 0.1) is 5.92 Å². The summed E-state index contributed by atoms with van der Waals surface area (Å²) in [6.07, 6.45) is 6.72. The van der Waals surface area contributed by atoms with Crippen LogP contribution in [0.5, 0.6) is 0 Å². The van der Waals surface area contributed by atoms with Crippen molar-refractivity contribution < 1.29 is 19.4 Å². The maximum Gasteiger partial charge on any atom is 0.326 e. The quantitative estimate of drug-likeness (QED) is 0.759. The largest absolute Gasteiger partial charge is 0.480 e.